The van der Waals surface area contributed by atoms with E-state index in [0.717, 1.165) is 44.6 Å². The van der Waals surface area contributed by atoms with Gasteiger partial charge in [0.1, 0.15) is 0 Å². The van der Waals surface area contributed by atoms with Gasteiger partial charge >= 0.3 is 0 Å². The Morgan fingerprint density at radius 2 is 0.842 bits per heavy atom. The molecule has 10 aromatic rings. The molecule has 0 amide bonds. The Kier molecular flexibility index (Phi) is 7.55. The minimum Gasteiger partial charge on any atom is -0.228 e. The first-order valence-electron chi connectivity index (χ1n) is 19.7. The van der Waals surface area contributed by atoms with Crippen LogP contribution < -0.4 is 0 Å². The maximum atomic E-state index is 5.30. The largest absolute Gasteiger partial charge is 0.228 e. The summed E-state index contributed by atoms with van der Waals surface area (Å²) in [6.07, 6.45) is 0. The molecule has 1 aliphatic carbocycles. The third-order valence-electron chi connectivity index (χ3n) is 12.1. The molecule has 0 spiro atoms. The van der Waals surface area contributed by atoms with Crippen LogP contribution in [0.1, 0.15) is 25.0 Å². The van der Waals surface area contributed by atoms with Crippen molar-refractivity contribution in [2.75, 3.05) is 0 Å². The van der Waals surface area contributed by atoms with Gasteiger partial charge in [-0.15, -0.1) is 0 Å². The minimum absolute atomic E-state index is 0.116. The van der Waals surface area contributed by atoms with Crippen LogP contribution in [-0.4, -0.2) is 9.97 Å². The highest BCUT2D eigenvalue weighted by molar-refractivity contribution is 6.05. The van der Waals surface area contributed by atoms with Gasteiger partial charge in [-0.05, 0) is 107 Å². The molecule has 2 nitrogen and oxygen atoms in total. The summed E-state index contributed by atoms with van der Waals surface area (Å²) in [5, 5.41) is 7.38. The van der Waals surface area contributed by atoms with Crippen molar-refractivity contribution in [1.82, 2.24) is 9.97 Å². The van der Waals surface area contributed by atoms with Gasteiger partial charge in [0.25, 0.3) is 0 Å². The fourth-order valence-corrected chi connectivity index (χ4v) is 9.12. The fourth-order valence-electron chi connectivity index (χ4n) is 9.12. The average molecular weight is 727 g/mol. The highest BCUT2D eigenvalue weighted by Crippen LogP contribution is 2.51. The zero-order valence-corrected chi connectivity index (χ0v) is 31.9. The van der Waals surface area contributed by atoms with Crippen LogP contribution in [0.15, 0.2) is 194 Å². The lowest BCUT2D eigenvalue weighted by Crippen LogP contribution is -2.15. The predicted molar refractivity (Wildman–Crippen MR) is 239 cm³/mol. The van der Waals surface area contributed by atoms with Gasteiger partial charge in [0, 0.05) is 22.1 Å². The predicted octanol–water partition coefficient (Wildman–Crippen LogP) is 14.6. The van der Waals surface area contributed by atoms with Gasteiger partial charge in [-0.2, -0.15) is 0 Å². The summed E-state index contributed by atoms with van der Waals surface area (Å²) in [6, 6.07) is 70.2. The zero-order valence-electron chi connectivity index (χ0n) is 31.9. The Hall–Kier alpha value is -7.16. The Labute approximate surface area is 332 Å². The SMILES string of the molecule is CC1(C)c2cc(-c3ccc(-c4cc(-c5ccccc5-c5ccc6ccccc6c5)nc(-c5ccccc5)n4)c4ccccc34)ccc2-c2cc3ccccc3cc21. The summed E-state index contributed by atoms with van der Waals surface area (Å²) in [4.78, 5) is 10.6. The van der Waals surface area contributed by atoms with Crippen LogP contribution in [0.4, 0.5) is 0 Å². The lowest BCUT2D eigenvalue weighted by atomic mass is 9.81. The molecule has 0 unspecified atom stereocenters. The lowest BCUT2D eigenvalue weighted by Gasteiger charge is -2.22. The molecule has 268 valence electrons. The van der Waals surface area contributed by atoms with E-state index in [0.29, 0.717) is 5.82 Å². The van der Waals surface area contributed by atoms with Gasteiger partial charge in [-0.25, -0.2) is 9.97 Å². The highest BCUT2D eigenvalue weighted by Gasteiger charge is 2.36. The van der Waals surface area contributed by atoms with Crippen molar-refractivity contribution < 1.29 is 0 Å². The van der Waals surface area contributed by atoms with Crippen molar-refractivity contribution in [2.24, 2.45) is 0 Å². The zero-order chi connectivity index (χ0) is 38.1. The molecule has 9 aromatic carbocycles. The maximum Gasteiger partial charge on any atom is 0.160 e. The molecule has 1 heterocycles. The van der Waals surface area contributed by atoms with Gasteiger partial charge in [-0.3, -0.25) is 0 Å². The van der Waals surface area contributed by atoms with Gasteiger partial charge < -0.3 is 0 Å². The molecule has 1 aromatic heterocycles. The fraction of sp³-hybridized carbons (Fsp3) is 0.0545. The van der Waals surface area contributed by atoms with Crippen molar-refractivity contribution in [3.8, 4) is 67.3 Å². The summed E-state index contributed by atoms with van der Waals surface area (Å²) in [7, 11) is 0. The number of nitrogens with zero attached hydrogens (tertiary/aromatic N) is 2. The molecule has 11 rings (SSSR count). The van der Waals surface area contributed by atoms with Gasteiger partial charge in [0.05, 0.1) is 11.4 Å². The molecule has 0 N–H and O–H groups in total. The normalized spacial score (nSPS) is 12.9. The quantitative estimate of drug-likeness (QED) is 0.176. The Morgan fingerprint density at radius 1 is 0.316 bits per heavy atom. The average Bonchev–Trinajstić information content (AvgIpc) is 3.49. The van der Waals surface area contributed by atoms with Crippen molar-refractivity contribution in [1.29, 1.82) is 0 Å². The van der Waals surface area contributed by atoms with E-state index in [1.54, 1.807) is 0 Å². The van der Waals surface area contributed by atoms with Crippen LogP contribution in [0.3, 0.4) is 0 Å². The van der Waals surface area contributed by atoms with Crippen LogP contribution in [0.25, 0.3) is 99.6 Å². The minimum atomic E-state index is -0.116. The molecule has 57 heavy (non-hydrogen) atoms. The van der Waals surface area contributed by atoms with Crippen molar-refractivity contribution >= 4 is 32.3 Å². The second-order valence-electron chi connectivity index (χ2n) is 15.8. The van der Waals surface area contributed by atoms with Gasteiger partial charge in [0.15, 0.2) is 5.82 Å². The number of benzene rings is 9. The maximum absolute atomic E-state index is 5.30. The molecule has 0 radical (unpaired) electrons. The number of hydrogen-bond acceptors (Lipinski definition) is 2. The van der Waals surface area contributed by atoms with Crippen molar-refractivity contribution in [2.45, 2.75) is 19.3 Å². The Morgan fingerprint density at radius 3 is 1.61 bits per heavy atom. The first-order valence-corrected chi connectivity index (χ1v) is 19.7. The van der Waals surface area contributed by atoms with Gasteiger partial charge in [-0.1, -0.05) is 178 Å². The second kappa shape index (κ2) is 13.0. The van der Waals surface area contributed by atoms with E-state index in [9.17, 15) is 0 Å². The van der Waals surface area contributed by atoms with Crippen LogP contribution >= 0.6 is 0 Å². The molecule has 1 aliphatic rings. The second-order valence-corrected chi connectivity index (χ2v) is 15.8. The molecule has 0 atom stereocenters. The summed E-state index contributed by atoms with van der Waals surface area (Å²) < 4.78 is 0. The lowest BCUT2D eigenvalue weighted by molar-refractivity contribution is 0.661. The monoisotopic (exact) mass is 726 g/mol. The standard InChI is InChI=1S/C55H38N2/c1-55(2)50-33-41(26-27-46(50)49-31-38-18-8-9-19-39(38)32-51(49)55)43-28-29-48(45-22-12-11-21-44(43)45)53-34-52(56-54(57-53)36-15-4-3-5-16-36)47-23-13-10-20-42(47)40-25-24-35-14-6-7-17-37(35)30-40/h3-34H,1-2H3. The van der Waals surface area contributed by atoms with Crippen LogP contribution in [0.5, 0.6) is 0 Å². The number of fused-ring (bicyclic) bond motifs is 6. The number of hydrogen-bond donors (Lipinski definition) is 0. The van der Waals surface area contributed by atoms with Crippen molar-refractivity contribution in [3.05, 3.63) is 205 Å². The highest BCUT2D eigenvalue weighted by atomic mass is 14.9. The van der Waals surface area contributed by atoms with E-state index in [4.69, 9.17) is 9.97 Å². The smallest absolute Gasteiger partial charge is 0.160 e. The number of aromatic nitrogens is 2. The van der Waals surface area contributed by atoms with E-state index < -0.39 is 0 Å². The summed E-state index contributed by atoms with van der Waals surface area (Å²) in [5.74, 6) is 0.706. The summed E-state index contributed by atoms with van der Waals surface area (Å²) in [5.41, 5.74) is 15.0. The molecule has 0 aliphatic heterocycles. The molecular weight excluding hydrogens is 689 g/mol. The third kappa shape index (κ3) is 5.48. The third-order valence-corrected chi connectivity index (χ3v) is 12.1. The van der Waals surface area contributed by atoms with Crippen LogP contribution in [0.2, 0.25) is 0 Å². The van der Waals surface area contributed by atoms with Gasteiger partial charge in [0.2, 0.25) is 0 Å². The molecule has 0 saturated heterocycles. The first kappa shape index (κ1) is 33.2. The number of rotatable bonds is 5. The molecule has 0 bridgehead atoms. The first-order chi connectivity index (χ1) is 28.0. The Bertz CT molecular complexity index is 3210. The van der Waals surface area contributed by atoms with E-state index in [2.05, 4.69) is 202 Å². The van der Waals surface area contributed by atoms with E-state index >= 15 is 0 Å². The Balaban J connectivity index is 1.06. The molecule has 2 heteroatoms. The summed E-state index contributed by atoms with van der Waals surface area (Å²) >= 11 is 0. The molecular formula is C55H38N2. The van der Waals surface area contributed by atoms with E-state index in [1.165, 1.54) is 60.3 Å². The van der Waals surface area contributed by atoms with Crippen molar-refractivity contribution in [3.63, 3.8) is 0 Å². The molecule has 0 saturated carbocycles. The molecule has 0 fully saturated rings. The van der Waals surface area contributed by atoms with E-state index in [-0.39, 0.29) is 5.41 Å². The summed E-state index contributed by atoms with van der Waals surface area (Å²) in [6.45, 7) is 4.74. The van der Waals surface area contributed by atoms with Crippen LogP contribution in [-0.2, 0) is 5.41 Å². The van der Waals surface area contributed by atoms with E-state index in [1.807, 2.05) is 6.07 Å². The topological polar surface area (TPSA) is 25.8 Å². The van der Waals surface area contributed by atoms with Crippen LogP contribution in [0, 0.1) is 0 Å².